The molecule has 120 valence electrons. The van der Waals surface area contributed by atoms with Gasteiger partial charge in [0.1, 0.15) is 0 Å². The Bertz CT molecular complexity index is 666. The number of benzene rings is 1. The number of rotatable bonds is 5. The summed E-state index contributed by atoms with van der Waals surface area (Å²) in [7, 11) is 0. The molecule has 23 heavy (non-hydrogen) atoms. The van der Waals surface area contributed by atoms with Crippen molar-refractivity contribution in [2.75, 3.05) is 13.1 Å². The number of aliphatic carboxylic acids is 1. The van der Waals surface area contributed by atoms with E-state index < -0.39 is 11.9 Å². The number of carboxylic acids is 1. The zero-order chi connectivity index (χ0) is 16.2. The van der Waals surface area contributed by atoms with Crippen LogP contribution in [0, 0.1) is 5.92 Å². The quantitative estimate of drug-likeness (QED) is 0.921. The average Bonchev–Trinajstić information content (AvgIpc) is 3.23. The molecule has 1 aromatic heterocycles. The third kappa shape index (κ3) is 3.44. The van der Waals surface area contributed by atoms with Crippen molar-refractivity contribution in [3.63, 3.8) is 0 Å². The average molecular weight is 313 g/mol. The van der Waals surface area contributed by atoms with Gasteiger partial charge in [0.25, 0.3) is 0 Å². The van der Waals surface area contributed by atoms with Gasteiger partial charge in [0.05, 0.1) is 18.4 Å². The zero-order valence-corrected chi connectivity index (χ0v) is 12.7. The summed E-state index contributed by atoms with van der Waals surface area (Å²) in [4.78, 5) is 25.6. The highest BCUT2D eigenvalue weighted by molar-refractivity contribution is 5.79. The molecule has 1 amide bonds. The second-order valence-electron chi connectivity index (χ2n) is 5.89. The minimum absolute atomic E-state index is 0.00381. The van der Waals surface area contributed by atoms with Gasteiger partial charge in [-0.2, -0.15) is 0 Å². The summed E-state index contributed by atoms with van der Waals surface area (Å²) in [6.07, 6.45) is 4.19. The van der Waals surface area contributed by atoms with Crippen LogP contribution in [0.3, 0.4) is 0 Å². The SMILES string of the molecule is O=C(O)[C@@H]1CN(C(=O)CCc2ccoc2)C[C@@H]1c1ccccc1. The van der Waals surface area contributed by atoms with Gasteiger partial charge in [0, 0.05) is 25.4 Å². The van der Waals surface area contributed by atoms with Crippen molar-refractivity contribution in [2.24, 2.45) is 5.92 Å². The summed E-state index contributed by atoms with van der Waals surface area (Å²) in [5, 5.41) is 9.47. The first kappa shape index (κ1) is 15.3. The van der Waals surface area contributed by atoms with E-state index in [0.717, 1.165) is 11.1 Å². The highest BCUT2D eigenvalue weighted by atomic mass is 16.4. The molecular weight excluding hydrogens is 294 g/mol. The van der Waals surface area contributed by atoms with Crippen molar-refractivity contribution < 1.29 is 19.1 Å². The van der Waals surface area contributed by atoms with Crippen molar-refractivity contribution in [3.05, 3.63) is 60.1 Å². The number of hydrogen-bond donors (Lipinski definition) is 1. The summed E-state index contributed by atoms with van der Waals surface area (Å²) >= 11 is 0. The molecule has 2 aromatic rings. The van der Waals surface area contributed by atoms with Gasteiger partial charge in [0.15, 0.2) is 0 Å². The van der Waals surface area contributed by atoms with E-state index in [1.807, 2.05) is 36.4 Å². The molecule has 2 atom stereocenters. The standard InChI is InChI=1S/C18H19NO4/c20-17(7-6-13-8-9-23-12-13)19-10-15(16(11-19)18(21)22)14-4-2-1-3-5-14/h1-5,8-9,12,15-16H,6-7,10-11H2,(H,21,22)/t15-,16-/m1/s1. The van der Waals surface area contributed by atoms with Crippen molar-refractivity contribution in [1.82, 2.24) is 4.90 Å². The molecule has 1 N–H and O–H groups in total. The Labute approximate surface area is 134 Å². The summed E-state index contributed by atoms with van der Waals surface area (Å²) in [6, 6.07) is 11.4. The van der Waals surface area contributed by atoms with Crippen LogP contribution in [0.2, 0.25) is 0 Å². The predicted octanol–water partition coefficient (Wildman–Crippen LogP) is 2.54. The van der Waals surface area contributed by atoms with E-state index in [4.69, 9.17) is 4.42 Å². The fourth-order valence-electron chi connectivity index (χ4n) is 3.14. The van der Waals surface area contributed by atoms with Crippen LogP contribution in [0.15, 0.2) is 53.3 Å². The largest absolute Gasteiger partial charge is 0.481 e. The summed E-state index contributed by atoms with van der Waals surface area (Å²) in [5.74, 6) is -1.54. The molecule has 1 aliphatic heterocycles. The van der Waals surface area contributed by atoms with Crippen molar-refractivity contribution in [2.45, 2.75) is 18.8 Å². The van der Waals surface area contributed by atoms with Crippen LogP contribution >= 0.6 is 0 Å². The number of aryl methyl sites for hydroxylation is 1. The Balaban J connectivity index is 1.67. The van der Waals surface area contributed by atoms with Gasteiger partial charge in [-0.3, -0.25) is 9.59 Å². The van der Waals surface area contributed by atoms with Crippen molar-refractivity contribution in [1.29, 1.82) is 0 Å². The van der Waals surface area contributed by atoms with Crippen LogP contribution in [0.25, 0.3) is 0 Å². The molecule has 0 aliphatic carbocycles. The number of amides is 1. The maximum atomic E-state index is 12.4. The first-order valence-corrected chi connectivity index (χ1v) is 7.71. The molecule has 1 aromatic carbocycles. The van der Waals surface area contributed by atoms with Crippen LogP contribution < -0.4 is 0 Å². The number of carbonyl (C=O) groups is 2. The maximum Gasteiger partial charge on any atom is 0.308 e. The molecule has 0 unspecified atom stereocenters. The molecule has 5 heteroatoms. The molecule has 1 saturated heterocycles. The summed E-state index contributed by atoms with van der Waals surface area (Å²) < 4.78 is 4.99. The molecule has 3 rings (SSSR count). The lowest BCUT2D eigenvalue weighted by atomic mass is 9.89. The number of hydrogen-bond acceptors (Lipinski definition) is 3. The molecule has 0 saturated carbocycles. The van der Waals surface area contributed by atoms with E-state index in [9.17, 15) is 14.7 Å². The second-order valence-corrected chi connectivity index (χ2v) is 5.89. The molecule has 1 fully saturated rings. The van der Waals surface area contributed by atoms with Gasteiger partial charge < -0.3 is 14.4 Å². The number of nitrogens with zero attached hydrogens (tertiary/aromatic N) is 1. The monoisotopic (exact) mass is 313 g/mol. The van der Waals surface area contributed by atoms with E-state index in [2.05, 4.69) is 0 Å². The highest BCUT2D eigenvalue weighted by Crippen LogP contribution is 2.33. The zero-order valence-electron chi connectivity index (χ0n) is 12.7. The second kappa shape index (κ2) is 6.69. The minimum atomic E-state index is -0.844. The van der Waals surface area contributed by atoms with E-state index in [1.54, 1.807) is 17.4 Å². The molecule has 0 bridgehead atoms. The van der Waals surface area contributed by atoms with Gasteiger partial charge in [-0.05, 0) is 23.6 Å². The van der Waals surface area contributed by atoms with Crippen LogP contribution in [0.1, 0.15) is 23.5 Å². The van der Waals surface area contributed by atoms with Gasteiger partial charge >= 0.3 is 5.97 Å². The number of carbonyl (C=O) groups excluding carboxylic acids is 1. The summed E-state index contributed by atoms with van der Waals surface area (Å²) in [5.41, 5.74) is 1.96. The summed E-state index contributed by atoms with van der Waals surface area (Å²) in [6.45, 7) is 0.740. The Hall–Kier alpha value is -2.56. The fourth-order valence-corrected chi connectivity index (χ4v) is 3.14. The third-order valence-electron chi connectivity index (χ3n) is 4.43. The Morgan fingerprint density at radius 2 is 1.96 bits per heavy atom. The topological polar surface area (TPSA) is 70.8 Å². The Morgan fingerprint density at radius 3 is 2.61 bits per heavy atom. The van der Waals surface area contributed by atoms with E-state index in [-0.39, 0.29) is 18.4 Å². The van der Waals surface area contributed by atoms with Gasteiger partial charge in [-0.1, -0.05) is 30.3 Å². The van der Waals surface area contributed by atoms with E-state index in [1.165, 1.54) is 0 Å². The van der Waals surface area contributed by atoms with Gasteiger partial charge in [-0.15, -0.1) is 0 Å². The van der Waals surface area contributed by atoms with Crippen molar-refractivity contribution in [3.8, 4) is 0 Å². The normalized spacial score (nSPS) is 20.6. The van der Waals surface area contributed by atoms with Crippen LogP contribution in [-0.4, -0.2) is 35.0 Å². The first-order valence-electron chi connectivity index (χ1n) is 7.71. The lowest BCUT2D eigenvalue weighted by Gasteiger charge is -2.16. The number of likely N-dealkylation sites (tertiary alicyclic amines) is 1. The molecule has 2 heterocycles. The molecule has 0 radical (unpaired) electrons. The molecule has 0 spiro atoms. The Morgan fingerprint density at radius 1 is 1.17 bits per heavy atom. The Kier molecular flexibility index (Phi) is 4.46. The van der Waals surface area contributed by atoms with Gasteiger partial charge in [-0.25, -0.2) is 0 Å². The van der Waals surface area contributed by atoms with Gasteiger partial charge in [0.2, 0.25) is 5.91 Å². The van der Waals surface area contributed by atoms with Crippen LogP contribution in [0.5, 0.6) is 0 Å². The molecule has 1 aliphatic rings. The molecule has 5 nitrogen and oxygen atoms in total. The lowest BCUT2D eigenvalue weighted by Crippen LogP contribution is -2.30. The van der Waals surface area contributed by atoms with Crippen LogP contribution in [-0.2, 0) is 16.0 Å². The van der Waals surface area contributed by atoms with Crippen LogP contribution in [0.4, 0.5) is 0 Å². The van der Waals surface area contributed by atoms with E-state index >= 15 is 0 Å². The maximum absolute atomic E-state index is 12.4. The first-order chi connectivity index (χ1) is 11.1. The third-order valence-corrected chi connectivity index (χ3v) is 4.43. The lowest BCUT2D eigenvalue weighted by molar-refractivity contribution is -0.141. The van der Waals surface area contributed by atoms with E-state index in [0.29, 0.717) is 19.4 Å². The fraction of sp³-hybridized carbons (Fsp3) is 0.333. The highest BCUT2D eigenvalue weighted by Gasteiger charge is 2.40. The number of furan rings is 1. The number of carboxylic acid groups (broad SMARTS) is 1. The predicted molar refractivity (Wildman–Crippen MR) is 83.9 cm³/mol. The molecular formula is C18H19NO4. The smallest absolute Gasteiger partial charge is 0.308 e. The minimum Gasteiger partial charge on any atom is -0.481 e. The van der Waals surface area contributed by atoms with Crippen molar-refractivity contribution >= 4 is 11.9 Å².